The second kappa shape index (κ2) is 6.26. The van der Waals surface area contributed by atoms with Crippen LogP contribution in [0.3, 0.4) is 0 Å². The summed E-state index contributed by atoms with van der Waals surface area (Å²) in [5, 5.41) is 0. The van der Waals surface area contributed by atoms with E-state index in [0.717, 1.165) is 30.4 Å². The number of allylic oxidation sites excluding steroid dienone is 2. The summed E-state index contributed by atoms with van der Waals surface area (Å²) >= 11 is 0. The van der Waals surface area contributed by atoms with Crippen LogP contribution in [0.2, 0.25) is 0 Å². The summed E-state index contributed by atoms with van der Waals surface area (Å²) in [6, 6.07) is 13.5. The Hall–Kier alpha value is -1.98. The van der Waals surface area contributed by atoms with E-state index in [2.05, 4.69) is 4.72 Å². The lowest BCUT2D eigenvalue weighted by molar-refractivity contribution is 0.588. The molecule has 0 radical (unpaired) electrons. The number of halogens is 1. The molecule has 2 aromatic carbocycles. The first kappa shape index (κ1) is 15.9. The molecule has 2 aromatic rings. The molecule has 1 aliphatic carbocycles. The molecule has 0 saturated heterocycles. The molecule has 0 unspecified atom stereocenters. The van der Waals surface area contributed by atoms with Crippen molar-refractivity contribution in [3.63, 3.8) is 0 Å². The van der Waals surface area contributed by atoms with E-state index in [9.17, 15) is 12.8 Å². The Morgan fingerprint density at radius 3 is 1.83 bits per heavy atom. The summed E-state index contributed by atoms with van der Waals surface area (Å²) in [5.41, 5.74) is 4.49. The van der Waals surface area contributed by atoms with Crippen molar-refractivity contribution in [1.82, 2.24) is 4.72 Å². The molecule has 0 atom stereocenters. The summed E-state index contributed by atoms with van der Waals surface area (Å²) in [6.07, 6.45) is 2.96. The number of sulfonamides is 1. The van der Waals surface area contributed by atoms with Crippen LogP contribution in [-0.2, 0) is 10.0 Å². The fourth-order valence-electron chi connectivity index (χ4n) is 2.99. The Labute approximate surface area is 135 Å². The Morgan fingerprint density at radius 1 is 0.870 bits per heavy atom. The van der Waals surface area contributed by atoms with Crippen LogP contribution < -0.4 is 4.72 Å². The first-order valence-electron chi connectivity index (χ1n) is 7.53. The van der Waals surface area contributed by atoms with Gasteiger partial charge < -0.3 is 0 Å². The lowest BCUT2D eigenvalue weighted by Gasteiger charge is -2.10. The van der Waals surface area contributed by atoms with Crippen molar-refractivity contribution in [2.24, 2.45) is 0 Å². The van der Waals surface area contributed by atoms with Crippen LogP contribution in [0.4, 0.5) is 4.39 Å². The van der Waals surface area contributed by atoms with Crippen LogP contribution in [0.25, 0.3) is 11.1 Å². The highest BCUT2D eigenvalue weighted by Crippen LogP contribution is 2.39. The first-order chi connectivity index (χ1) is 11.0. The molecule has 3 nitrogen and oxygen atoms in total. The van der Waals surface area contributed by atoms with Gasteiger partial charge in [0.25, 0.3) is 0 Å². The standard InChI is InChI=1S/C18H18FNO2S/c1-20-23(21,22)16-11-7-14(8-12-16)18-4-2-3-17(18)13-5-9-15(19)10-6-13/h5-12,20H,2-4H2,1H3. The third-order valence-electron chi connectivity index (χ3n) is 4.19. The van der Waals surface area contributed by atoms with E-state index in [4.69, 9.17) is 0 Å². The highest BCUT2D eigenvalue weighted by atomic mass is 32.2. The lowest BCUT2D eigenvalue weighted by Crippen LogP contribution is -2.18. The molecule has 23 heavy (non-hydrogen) atoms. The van der Waals surface area contributed by atoms with E-state index < -0.39 is 10.0 Å². The molecule has 0 spiro atoms. The van der Waals surface area contributed by atoms with E-state index in [1.54, 1.807) is 24.3 Å². The second-order valence-corrected chi connectivity index (χ2v) is 7.44. The van der Waals surface area contributed by atoms with Gasteiger partial charge in [0.15, 0.2) is 0 Å². The summed E-state index contributed by atoms with van der Waals surface area (Å²) in [4.78, 5) is 0.255. The van der Waals surface area contributed by atoms with E-state index in [0.29, 0.717) is 0 Å². The van der Waals surface area contributed by atoms with Gasteiger partial charge in [-0.3, -0.25) is 0 Å². The summed E-state index contributed by atoms with van der Waals surface area (Å²) in [6.45, 7) is 0. The lowest BCUT2D eigenvalue weighted by atomic mass is 9.97. The molecule has 1 aliphatic rings. The zero-order valence-electron chi connectivity index (χ0n) is 12.8. The topological polar surface area (TPSA) is 46.2 Å². The predicted octanol–water partition coefficient (Wildman–Crippen LogP) is 3.83. The quantitative estimate of drug-likeness (QED) is 0.925. The van der Waals surface area contributed by atoms with Gasteiger partial charge in [0.2, 0.25) is 10.0 Å². The maximum atomic E-state index is 13.1. The maximum absolute atomic E-state index is 13.1. The number of hydrogen-bond donors (Lipinski definition) is 1. The zero-order valence-corrected chi connectivity index (χ0v) is 13.7. The van der Waals surface area contributed by atoms with Gasteiger partial charge in [0, 0.05) is 0 Å². The molecular weight excluding hydrogens is 313 g/mol. The summed E-state index contributed by atoms with van der Waals surface area (Å²) < 4.78 is 39.0. The number of nitrogens with one attached hydrogen (secondary N) is 1. The average molecular weight is 331 g/mol. The normalized spacial score (nSPS) is 15.2. The fraction of sp³-hybridized carbons (Fsp3) is 0.222. The number of rotatable bonds is 4. The monoisotopic (exact) mass is 331 g/mol. The fourth-order valence-corrected chi connectivity index (χ4v) is 3.72. The van der Waals surface area contributed by atoms with Crippen LogP contribution in [-0.4, -0.2) is 15.5 Å². The van der Waals surface area contributed by atoms with Gasteiger partial charge >= 0.3 is 0 Å². The molecule has 0 aromatic heterocycles. The van der Waals surface area contributed by atoms with Crippen molar-refractivity contribution >= 4 is 21.2 Å². The average Bonchev–Trinajstić information content (AvgIpc) is 3.05. The molecule has 0 aliphatic heterocycles. The number of hydrogen-bond acceptors (Lipinski definition) is 2. The van der Waals surface area contributed by atoms with Crippen LogP contribution in [0.1, 0.15) is 30.4 Å². The van der Waals surface area contributed by atoms with Crippen molar-refractivity contribution < 1.29 is 12.8 Å². The van der Waals surface area contributed by atoms with Crippen molar-refractivity contribution in [3.05, 3.63) is 65.5 Å². The Balaban J connectivity index is 1.99. The van der Waals surface area contributed by atoms with Crippen LogP contribution >= 0.6 is 0 Å². The molecule has 0 bridgehead atoms. The van der Waals surface area contributed by atoms with Gasteiger partial charge in [-0.1, -0.05) is 24.3 Å². The number of benzene rings is 2. The van der Waals surface area contributed by atoms with E-state index >= 15 is 0 Å². The molecule has 0 saturated carbocycles. The SMILES string of the molecule is CNS(=O)(=O)c1ccc(C2=C(c3ccc(F)cc3)CCC2)cc1. The van der Waals surface area contributed by atoms with Crippen molar-refractivity contribution in [3.8, 4) is 0 Å². The smallest absolute Gasteiger partial charge is 0.214 e. The molecule has 1 N–H and O–H groups in total. The van der Waals surface area contributed by atoms with Crippen LogP contribution in [0, 0.1) is 5.82 Å². The van der Waals surface area contributed by atoms with Gasteiger partial charge in [0.1, 0.15) is 5.82 Å². The maximum Gasteiger partial charge on any atom is 0.240 e. The van der Waals surface area contributed by atoms with Crippen molar-refractivity contribution in [2.75, 3.05) is 7.05 Å². The predicted molar refractivity (Wildman–Crippen MR) is 89.8 cm³/mol. The molecule has 0 amide bonds. The molecule has 5 heteroatoms. The molecule has 120 valence electrons. The van der Waals surface area contributed by atoms with Crippen LogP contribution in [0.5, 0.6) is 0 Å². The van der Waals surface area contributed by atoms with Gasteiger partial charge in [0.05, 0.1) is 4.90 Å². The molecule has 0 heterocycles. The second-order valence-electron chi connectivity index (χ2n) is 5.55. The third-order valence-corrected chi connectivity index (χ3v) is 5.62. The molecule has 3 rings (SSSR count). The minimum Gasteiger partial charge on any atom is -0.214 e. The van der Waals surface area contributed by atoms with E-state index in [-0.39, 0.29) is 10.7 Å². The highest BCUT2D eigenvalue weighted by molar-refractivity contribution is 7.89. The van der Waals surface area contributed by atoms with E-state index in [1.807, 2.05) is 12.1 Å². The van der Waals surface area contributed by atoms with Crippen molar-refractivity contribution in [2.45, 2.75) is 24.2 Å². The van der Waals surface area contributed by atoms with Gasteiger partial charge in [-0.25, -0.2) is 17.5 Å². The van der Waals surface area contributed by atoms with Crippen molar-refractivity contribution in [1.29, 1.82) is 0 Å². The molecular formula is C18H18FNO2S. The summed E-state index contributed by atoms with van der Waals surface area (Å²) in [5.74, 6) is -0.240. The summed E-state index contributed by atoms with van der Waals surface area (Å²) in [7, 11) is -2.02. The zero-order chi connectivity index (χ0) is 16.4. The Kier molecular flexibility index (Phi) is 4.33. The Morgan fingerprint density at radius 2 is 1.35 bits per heavy atom. The van der Waals surface area contributed by atoms with E-state index in [1.165, 1.54) is 30.3 Å². The van der Waals surface area contributed by atoms with Gasteiger partial charge in [-0.15, -0.1) is 0 Å². The molecule has 0 fully saturated rings. The van der Waals surface area contributed by atoms with Gasteiger partial charge in [-0.05, 0) is 72.8 Å². The Bertz CT molecular complexity index is 838. The minimum atomic E-state index is -3.42. The first-order valence-corrected chi connectivity index (χ1v) is 9.01. The minimum absolute atomic E-state index is 0.240. The third kappa shape index (κ3) is 3.21. The van der Waals surface area contributed by atoms with Crippen LogP contribution in [0.15, 0.2) is 53.4 Å². The largest absolute Gasteiger partial charge is 0.240 e. The highest BCUT2D eigenvalue weighted by Gasteiger charge is 2.18. The van der Waals surface area contributed by atoms with Gasteiger partial charge in [-0.2, -0.15) is 0 Å².